The molecule has 0 spiro atoms. The Kier molecular flexibility index (Phi) is 11.0. The van der Waals surface area contributed by atoms with Gasteiger partial charge in [-0.15, -0.1) is 24.0 Å². The molecule has 0 aromatic heterocycles. The maximum Gasteiger partial charge on any atom is 0.191 e. The van der Waals surface area contributed by atoms with Crippen molar-refractivity contribution in [2.24, 2.45) is 10.9 Å². The van der Waals surface area contributed by atoms with Crippen molar-refractivity contribution < 1.29 is 4.74 Å². The molecule has 0 saturated carbocycles. The molecular weight excluding hydrogens is 439 g/mol. The Morgan fingerprint density at radius 2 is 2.15 bits per heavy atom. The average molecular weight is 474 g/mol. The number of likely N-dealkylation sites (tertiary alicyclic amines) is 1. The van der Waals surface area contributed by atoms with E-state index in [1.54, 1.807) is 7.11 Å². The molecule has 1 aromatic carbocycles. The second kappa shape index (κ2) is 12.4. The van der Waals surface area contributed by atoms with E-state index in [2.05, 4.69) is 42.4 Å². The van der Waals surface area contributed by atoms with E-state index in [0.29, 0.717) is 18.5 Å². The topological polar surface area (TPSA) is 48.9 Å². The highest BCUT2D eigenvalue weighted by atomic mass is 127. The van der Waals surface area contributed by atoms with Crippen molar-refractivity contribution in [1.29, 1.82) is 0 Å². The van der Waals surface area contributed by atoms with Gasteiger partial charge in [-0.3, -0.25) is 0 Å². The lowest BCUT2D eigenvalue weighted by Gasteiger charge is -2.35. The van der Waals surface area contributed by atoms with Gasteiger partial charge < -0.3 is 20.3 Å². The smallest absolute Gasteiger partial charge is 0.191 e. The van der Waals surface area contributed by atoms with E-state index in [0.717, 1.165) is 30.4 Å². The lowest BCUT2D eigenvalue weighted by atomic mass is 9.97. The molecule has 148 valence electrons. The van der Waals surface area contributed by atoms with Crippen LogP contribution in [0.5, 0.6) is 5.75 Å². The molecule has 0 bridgehead atoms. The largest absolute Gasteiger partial charge is 0.497 e. The van der Waals surface area contributed by atoms with Crippen LogP contribution < -0.4 is 15.4 Å². The zero-order chi connectivity index (χ0) is 18.1. The zero-order valence-electron chi connectivity index (χ0n) is 16.6. The normalized spacial score (nSPS) is 18.3. The van der Waals surface area contributed by atoms with Gasteiger partial charge >= 0.3 is 0 Å². The fourth-order valence-corrected chi connectivity index (χ4v) is 3.26. The number of benzene rings is 1. The number of halogens is 1. The van der Waals surface area contributed by atoms with E-state index in [9.17, 15) is 0 Å². The summed E-state index contributed by atoms with van der Waals surface area (Å²) in [5.41, 5.74) is 1.15. The maximum absolute atomic E-state index is 5.28. The molecule has 1 unspecified atom stereocenters. The van der Waals surface area contributed by atoms with Crippen LogP contribution >= 0.6 is 24.0 Å². The molecular formula is C20H35IN4O. The van der Waals surface area contributed by atoms with Gasteiger partial charge in [-0.2, -0.15) is 0 Å². The lowest BCUT2D eigenvalue weighted by molar-refractivity contribution is 0.141. The van der Waals surface area contributed by atoms with E-state index in [1.165, 1.54) is 25.9 Å². The van der Waals surface area contributed by atoms with Crippen molar-refractivity contribution in [2.45, 2.75) is 46.2 Å². The Balaban J connectivity index is 0.00000338. The Morgan fingerprint density at radius 3 is 2.85 bits per heavy atom. The van der Waals surface area contributed by atoms with Crippen molar-refractivity contribution in [1.82, 2.24) is 15.5 Å². The second-order valence-corrected chi connectivity index (χ2v) is 7.02. The third kappa shape index (κ3) is 7.70. The molecule has 5 nitrogen and oxygen atoms in total. The molecule has 6 heteroatoms. The highest BCUT2D eigenvalue weighted by Crippen LogP contribution is 2.17. The van der Waals surface area contributed by atoms with Crippen LogP contribution in [0.15, 0.2) is 29.3 Å². The summed E-state index contributed by atoms with van der Waals surface area (Å²) in [6, 6.07) is 8.72. The summed E-state index contributed by atoms with van der Waals surface area (Å²) >= 11 is 0. The lowest BCUT2D eigenvalue weighted by Crippen LogP contribution is -2.46. The summed E-state index contributed by atoms with van der Waals surface area (Å²) in [4.78, 5) is 7.30. The number of piperidine rings is 1. The van der Waals surface area contributed by atoms with Crippen molar-refractivity contribution >= 4 is 29.9 Å². The molecule has 2 N–H and O–H groups in total. The van der Waals surface area contributed by atoms with Gasteiger partial charge in [0.05, 0.1) is 13.7 Å². The third-order valence-corrected chi connectivity index (χ3v) is 4.74. The standard InChI is InChI=1S/C20H34N4O.HI/c1-5-21-20(22-13-17-8-6-10-19(12-17)25-4)23-14-18-9-7-11-24(15-18)16(2)3;/h6,8,10,12,16,18H,5,7,9,11,13-15H2,1-4H3,(H2,21,22,23);1H. The van der Waals surface area contributed by atoms with Gasteiger partial charge in [-0.1, -0.05) is 12.1 Å². The van der Waals surface area contributed by atoms with E-state index in [4.69, 9.17) is 9.73 Å². The quantitative estimate of drug-likeness (QED) is 0.361. The first-order valence-electron chi connectivity index (χ1n) is 9.51. The number of ether oxygens (including phenoxy) is 1. The SMILES string of the molecule is CCNC(=NCc1cccc(OC)c1)NCC1CCCN(C(C)C)C1.I. The van der Waals surface area contributed by atoms with Gasteiger partial charge in [0.1, 0.15) is 5.75 Å². The van der Waals surface area contributed by atoms with E-state index in [-0.39, 0.29) is 24.0 Å². The molecule has 1 atom stereocenters. The number of guanidine groups is 1. The Hall–Kier alpha value is -1.02. The maximum atomic E-state index is 5.28. The highest BCUT2D eigenvalue weighted by Gasteiger charge is 2.21. The minimum atomic E-state index is 0. The van der Waals surface area contributed by atoms with Crippen LogP contribution in [-0.4, -0.2) is 50.2 Å². The van der Waals surface area contributed by atoms with E-state index < -0.39 is 0 Å². The summed E-state index contributed by atoms with van der Waals surface area (Å²) in [7, 11) is 1.69. The first kappa shape index (κ1) is 23.0. The summed E-state index contributed by atoms with van der Waals surface area (Å²) in [5, 5.41) is 6.88. The molecule has 1 heterocycles. The molecule has 0 radical (unpaired) electrons. The summed E-state index contributed by atoms with van der Waals surface area (Å²) in [5.74, 6) is 2.46. The van der Waals surface area contributed by atoms with Gasteiger partial charge in [0.15, 0.2) is 5.96 Å². The minimum absolute atomic E-state index is 0. The Morgan fingerprint density at radius 1 is 1.35 bits per heavy atom. The van der Waals surface area contributed by atoms with Crippen LogP contribution in [0.3, 0.4) is 0 Å². The number of nitrogens with zero attached hydrogens (tertiary/aromatic N) is 2. The number of rotatable bonds is 7. The predicted molar refractivity (Wildman–Crippen MR) is 121 cm³/mol. The fraction of sp³-hybridized carbons (Fsp3) is 0.650. The van der Waals surface area contributed by atoms with Crippen LogP contribution in [0.1, 0.15) is 39.2 Å². The number of methoxy groups -OCH3 is 1. The predicted octanol–water partition coefficient (Wildman–Crippen LogP) is 3.49. The molecule has 2 rings (SSSR count). The molecule has 26 heavy (non-hydrogen) atoms. The average Bonchev–Trinajstić information content (AvgIpc) is 2.64. The molecule has 1 fully saturated rings. The van der Waals surface area contributed by atoms with Crippen molar-refractivity contribution in [3.63, 3.8) is 0 Å². The minimum Gasteiger partial charge on any atom is -0.497 e. The van der Waals surface area contributed by atoms with Crippen molar-refractivity contribution in [3.8, 4) is 5.75 Å². The Bertz CT molecular complexity index is 550. The van der Waals surface area contributed by atoms with Gasteiger partial charge in [-0.05, 0) is 63.8 Å². The Labute approximate surface area is 176 Å². The van der Waals surface area contributed by atoms with Crippen molar-refractivity contribution in [2.75, 3.05) is 33.3 Å². The molecule has 1 aliphatic heterocycles. The van der Waals surface area contributed by atoms with Crippen LogP contribution in [0.4, 0.5) is 0 Å². The summed E-state index contributed by atoms with van der Waals surface area (Å²) in [6.45, 7) is 11.6. The summed E-state index contributed by atoms with van der Waals surface area (Å²) in [6.07, 6.45) is 2.59. The van der Waals surface area contributed by atoms with E-state index in [1.807, 2.05) is 18.2 Å². The number of aliphatic imine (C=N–C) groups is 1. The third-order valence-electron chi connectivity index (χ3n) is 4.74. The molecule has 0 aliphatic carbocycles. The molecule has 1 aromatic rings. The highest BCUT2D eigenvalue weighted by molar-refractivity contribution is 14.0. The molecule has 1 saturated heterocycles. The second-order valence-electron chi connectivity index (χ2n) is 7.02. The van der Waals surface area contributed by atoms with Crippen molar-refractivity contribution in [3.05, 3.63) is 29.8 Å². The number of nitrogens with one attached hydrogen (secondary N) is 2. The van der Waals surface area contributed by atoms with Gasteiger partial charge in [0.2, 0.25) is 0 Å². The fourth-order valence-electron chi connectivity index (χ4n) is 3.26. The van der Waals surface area contributed by atoms with Crippen LogP contribution in [0.25, 0.3) is 0 Å². The van der Waals surface area contributed by atoms with Gasteiger partial charge in [0.25, 0.3) is 0 Å². The first-order valence-corrected chi connectivity index (χ1v) is 9.51. The molecule has 1 aliphatic rings. The zero-order valence-corrected chi connectivity index (χ0v) is 19.0. The van der Waals surface area contributed by atoms with Gasteiger partial charge in [-0.25, -0.2) is 4.99 Å². The molecule has 0 amide bonds. The van der Waals surface area contributed by atoms with Crippen LogP contribution in [0, 0.1) is 5.92 Å². The number of hydrogen-bond donors (Lipinski definition) is 2. The van der Waals surface area contributed by atoms with Crippen LogP contribution in [0.2, 0.25) is 0 Å². The first-order chi connectivity index (χ1) is 12.1. The van der Waals surface area contributed by atoms with Gasteiger partial charge in [0, 0.05) is 25.7 Å². The monoisotopic (exact) mass is 474 g/mol. The number of hydrogen-bond acceptors (Lipinski definition) is 3. The summed E-state index contributed by atoms with van der Waals surface area (Å²) < 4.78 is 5.28. The van der Waals surface area contributed by atoms with Crippen LogP contribution in [-0.2, 0) is 6.54 Å². The van der Waals surface area contributed by atoms with E-state index >= 15 is 0 Å².